The van der Waals surface area contributed by atoms with Gasteiger partial charge in [0.2, 0.25) is 10.4 Å². The van der Waals surface area contributed by atoms with Gasteiger partial charge in [-0.05, 0) is 122 Å². The van der Waals surface area contributed by atoms with Crippen LogP contribution in [0.1, 0.15) is 49.0 Å². The van der Waals surface area contributed by atoms with Crippen molar-refractivity contribution in [3.8, 4) is 11.5 Å². The third-order valence-corrected chi connectivity index (χ3v) is 11.6. The van der Waals surface area contributed by atoms with Crippen LogP contribution in [0, 0.1) is 23.7 Å². The van der Waals surface area contributed by atoms with Gasteiger partial charge in [-0.3, -0.25) is 24.3 Å². The molecule has 53 heavy (non-hydrogen) atoms. The molecule has 4 aromatic rings. The number of aromatic nitrogens is 2. The first kappa shape index (κ1) is 38.8. The van der Waals surface area contributed by atoms with Crippen LogP contribution >= 0.6 is 0 Å². The first-order valence-electron chi connectivity index (χ1n) is 18.0. The van der Waals surface area contributed by atoms with Crippen molar-refractivity contribution in [3.63, 3.8) is 0 Å². The van der Waals surface area contributed by atoms with Crippen molar-refractivity contribution >= 4 is 32.2 Å². The van der Waals surface area contributed by atoms with Crippen molar-refractivity contribution in [2.45, 2.75) is 50.0 Å². The number of methoxy groups -OCH3 is 2. The van der Waals surface area contributed by atoms with Gasteiger partial charge in [-0.25, -0.2) is 8.42 Å². The summed E-state index contributed by atoms with van der Waals surface area (Å²) < 4.78 is 43.5. The van der Waals surface area contributed by atoms with Crippen LogP contribution in [0.15, 0.2) is 86.2 Å². The lowest BCUT2D eigenvalue weighted by Crippen LogP contribution is -2.54. The van der Waals surface area contributed by atoms with E-state index in [2.05, 4.69) is 45.1 Å². The molecular formula is C40H49N4O8S-. The summed E-state index contributed by atoms with van der Waals surface area (Å²) in [6.45, 7) is 12.1. The molecule has 0 aliphatic carbocycles. The molecule has 284 valence electrons. The Morgan fingerprint density at radius 3 is 1.49 bits per heavy atom. The van der Waals surface area contributed by atoms with E-state index in [-0.39, 0.29) is 12.1 Å². The van der Waals surface area contributed by atoms with Crippen LogP contribution in [0.3, 0.4) is 0 Å². The normalized spacial score (nSPS) is 28.5. The molecule has 6 fully saturated rings. The molecule has 10 rings (SSSR count). The number of hydrogen-bond acceptors (Lipinski definition) is 11. The van der Waals surface area contributed by atoms with E-state index in [1.165, 1.54) is 12.8 Å². The summed E-state index contributed by atoms with van der Waals surface area (Å²) in [6.07, 6.45) is 11.2. The van der Waals surface area contributed by atoms with E-state index >= 15 is 0 Å². The predicted molar refractivity (Wildman–Crippen MR) is 202 cm³/mol. The minimum absolute atomic E-state index is 0.178. The van der Waals surface area contributed by atoms with Crippen LogP contribution in [-0.4, -0.2) is 100.0 Å². The summed E-state index contributed by atoms with van der Waals surface area (Å²) in [5, 5.41) is 24.3. The number of pyridine rings is 2. The monoisotopic (exact) mass is 745 g/mol. The fourth-order valence-electron chi connectivity index (χ4n) is 8.89. The van der Waals surface area contributed by atoms with Gasteiger partial charge >= 0.3 is 0 Å². The molecule has 6 saturated heterocycles. The SMILES string of the molecule is C=C[C@H]1CN2CC[C@H]1C[C@@H]2[C@@H](O)c1ccnc2ccc(OC)cc12.C=C[C@H]1CN2CC[C@H]1C[C@@H]2[C@@H](O)c1ccnc2ccc(OC)cc12.O=S(=O)([O-])O. The second-order valence-electron chi connectivity index (χ2n) is 14.4. The van der Waals surface area contributed by atoms with E-state index < -0.39 is 22.6 Å². The first-order chi connectivity index (χ1) is 25.4. The predicted octanol–water partition coefficient (Wildman–Crippen LogP) is 5.35. The number of aliphatic hydroxyl groups is 2. The number of fused-ring (bicyclic) bond motifs is 8. The van der Waals surface area contributed by atoms with Gasteiger partial charge in [0.15, 0.2) is 0 Å². The fraction of sp³-hybridized carbons (Fsp3) is 0.450. The molecule has 0 amide bonds. The van der Waals surface area contributed by atoms with E-state index in [0.29, 0.717) is 23.7 Å². The minimum atomic E-state index is -4.92. The Bertz CT molecular complexity index is 1890. The van der Waals surface area contributed by atoms with Gasteiger partial charge in [0, 0.05) is 48.3 Å². The summed E-state index contributed by atoms with van der Waals surface area (Å²) in [5.41, 5.74) is 3.69. The maximum atomic E-state index is 11.2. The van der Waals surface area contributed by atoms with Crippen molar-refractivity contribution in [3.05, 3.63) is 97.4 Å². The average molecular weight is 746 g/mol. The maximum Gasteiger partial charge on any atom is 0.215 e. The van der Waals surface area contributed by atoms with E-state index in [0.717, 1.165) is 83.5 Å². The molecule has 0 spiro atoms. The molecule has 8 heterocycles. The summed E-state index contributed by atoms with van der Waals surface area (Å²) in [7, 11) is -1.59. The van der Waals surface area contributed by atoms with E-state index in [1.54, 1.807) is 26.6 Å². The third-order valence-electron chi connectivity index (χ3n) is 11.6. The molecule has 0 saturated carbocycles. The molecule has 2 aromatic carbocycles. The average Bonchev–Trinajstić information content (AvgIpc) is 3.19. The summed E-state index contributed by atoms with van der Waals surface area (Å²) >= 11 is 0. The zero-order valence-electron chi connectivity index (χ0n) is 30.2. The number of rotatable bonds is 8. The number of aliphatic hydroxyl groups excluding tert-OH is 2. The Labute approximate surface area is 311 Å². The Hall–Kier alpha value is -3.95. The maximum absolute atomic E-state index is 11.2. The molecule has 0 radical (unpaired) electrons. The smallest absolute Gasteiger partial charge is 0.215 e. The molecule has 4 bridgehead atoms. The van der Waals surface area contributed by atoms with Gasteiger partial charge in [-0.15, -0.1) is 13.2 Å². The molecular weight excluding hydrogens is 697 g/mol. The number of benzene rings is 2. The van der Waals surface area contributed by atoms with Crippen molar-refractivity contribution in [2.24, 2.45) is 23.7 Å². The number of piperidine rings is 6. The van der Waals surface area contributed by atoms with Crippen molar-refractivity contribution < 1.29 is 37.2 Å². The Balaban J connectivity index is 0.000000161. The molecule has 6 aliphatic heterocycles. The Morgan fingerprint density at radius 2 is 1.17 bits per heavy atom. The second kappa shape index (κ2) is 16.6. The summed E-state index contributed by atoms with van der Waals surface area (Å²) in [5.74, 6) is 4.01. The zero-order chi connectivity index (χ0) is 37.9. The minimum Gasteiger partial charge on any atom is -0.726 e. The van der Waals surface area contributed by atoms with Gasteiger partial charge in [0.25, 0.3) is 0 Å². The number of ether oxygens (including phenoxy) is 2. The van der Waals surface area contributed by atoms with E-state index in [1.807, 2.05) is 48.5 Å². The van der Waals surface area contributed by atoms with Crippen molar-refractivity contribution in [1.82, 2.24) is 19.8 Å². The fourth-order valence-corrected chi connectivity index (χ4v) is 8.89. The van der Waals surface area contributed by atoms with Gasteiger partial charge < -0.3 is 24.2 Å². The highest BCUT2D eigenvalue weighted by Gasteiger charge is 2.43. The number of nitrogens with zero attached hydrogens (tertiary/aromatic N) is 4. The Morgan fingerprint density at radius 1 is 0.774 bits per heavy atom. The van der Waals surface area contributed by atoms with Crippen LogP contribution < -0.4 is 9.47 Å². The second-order valence-corrected chi connectivity index (χ2v) is 15.2. The molecule has 13 heteroatoms. The zero-order valence-corrected chi connectivity index (χ0v) is 31.0. The third kappa shape index (κ3) is 8.73. The van der Waals surface area contributed by atoms with Gasteiger partial charge in [0.1, 0.15) is 11.5 Å². The molecule has 6 aliphatic rings. The van der Waals surface area contributed by atoms with Gasteiger partial charge in [-0.1, -0.05) is 12.2 Å². The first-order valence-corrected chi connectivity index (χ1v) is 19.4. The highest BCUT2D eigenvalue weighted by atomic mass is 32.3. The van der Waals surface area contributed by atoms with Crippen LogP contribution in [0.2, 0.25) is 0 Å². The topological polar surface area (TPSA) is 169 Å². The molecule has 10 atom stereocenters. The van der Waals surface area contributed by atoms with Crippen LogP contribution in [0.5, 0.6) is 11.5 Å². The lowest BCUT2D eigenvalue weighted by Gasteiger charge is -2.50. The van der Waals surface area contributed by atoms with Crippen molar-refractivity contribution in [1.29, 1.82) is 0 Å². The Kier molecular flexibility index (Phi) is 12.1. The molecule has 12 nitrogen and oxygen atoms in total. The highest BCUT2D eigenvalue weighted by molar-refractivity contribution is 7.79. The van der Waals surface area contributed by atoms with E-state index in [9.17, 15) is 10.2 Å². The molecule has 3 N–H and O–H groups in total. The lowest BCUT2D eigenvalue weighted by atomic mass is 9.73. The van der Waals surface area contributed by atoms with Gasteiger partial charge in [-0.2, -0.15) is 0 Å². The van der Waals surface area contributed by atoms with E-state index in [4.69, 9.17) is 27.0 Å². The quantitative estimate of drug-likeness (QED) is 0.120. The van der Waals surface area contributed by atoms with Gasteiger partial charge in [0.05, 0.1) is 37.5 Å². The summed E-state index contributed by atoms with van der Waals surface area (Å²) in [4.78, 5) is 13.7. The van der Waals surface area contributed by atoms with Crippen LogP contribution in [0.4, 0.5) is 0 Å². The van der Waals surface area contributed by atoms with Crippen LogP contribution in [-0.2, 0) is 10.4 Å². The molecule has 2 unspecified atom stereocenters. The standard InChI is InChI=1S/2C20H24N2O2.H2O4S/c2*1-3-13-12-22-9-7-14(13)10-19(22)20(23)16-6-8-21-18-5-4-15(24-2)11-17(16)18;1-5(2,3)4/h2*3-6,8,11,13-14,19-20,23H,1,7,9-10,12H2,2H3;(H2,1,2,3,4)/p-1/t2*13-,14-,19+,20-;/m00./s1. The van der Waals surface area contributed by atoms with Crippen LogP contribution in [0.25, 0.3) is 21.8 Å². The van der Waals surface area contributed by atoms with Crippen molar-refractivity contribution in [2.75, 3.05) is 40.4 Å². The highest BCUT2D eigenvalue weighted by Crippen LogP contribution is 2.43. The number of hydrogen-bond donors (Lipinski definition) is 3. The molecule has 2 aromatic heterocycles. The largest absolute Gasteiger partial charge is 0.726 e. The summed E-state index contributed by atoms with van der Waals surface area (Å²) in [6, 6.07) is 15.9. The lowest BCUT2D eigenvalue weighted by molar-refractivity contribution is -0.0445.